The smallest absolute Gasteiger partial charge is 0.313 e. The molecule has 1 N–H and O–H groups in total. The Balaban J connectivity index is 0.000000149. The van der Waals surface area contributed by atoms with Gasteiger partial charge >= 0.3 is 17.9 Å². The molecule has 12 aromatic rings. The van der Waals surface area contributed by atoms with Crippen LogP contribution >= 0.6 is 11.6 Å². The molecular weight excluding hydrogens is 1680 g/mol. The average Bonchev–Trinajstić information content (AvgIpc) is 0.756. The quantitative estimate of drug-likeness (QED) is 0.0653. The number of aromatic nitrogens is 8. The summed E-state index contributed by atoms with van der Waals surface area (Å²) in [6.45, 7) is 27.4. The highest BCUT2D eigenvalue weighted by atomic mass is 35.5. The Hall–Kier alpha value is -14.3. The topological polar surface area (TPSA) is 320 Å². The molecule has 6 unspecified atom stereocenters. The van der Waals surface area contributed by atoms with Gasteiger partial charge in [0.25, 0.3) is 23.6 Å². The van der Waals surface area contributed by atoms with Crippen LogP contribution in [0.2, 0.25) is 5.02 Å². The zero-order chi connectivity index (χ0) is 93.9. The van der Waals surface area contributed by atoms with Gasteiger partial charge in [-0.1, -0.05) is 263 Å². The largest absolute Gasteiger partial charge is 0.502 e. The maximum atomic E-state index is 13.6. The minimum atomic E-state index is -0.668. The number of amides is 4. The molecule has 0 spiro atoms. The van der Waals surface area contributed by atoms with Crippen LogP contribution in [0, 0.1) is 25.7 Å². The molecule has 4 aliphatic rings. The first kappa shape index (κ1) is 94.3. The Morgan fingerprint density at radius 1 is 0.359 bits per heavy atom. The van der Waals surface area contributed by atoms with Crippen LogP contribution in [0.3, 0.4) is 0 Å². The Kier molecular flexibility index (Phi) is 29.8. The molecule has 131 heavy (non-hydrogen) atoms. The van der Waals surface area contributed by atoms with Crippen LogP contribution in [-0.4, -0.2) is 156 Å². The maximum Gasteiger partial charge on any atom is 0.313 e. The predicted molar refractivity (Wildman–Crippen MR) is 498 cm³/mol. The number of hydrogen-bond acceptors (Lipinski definition) is 19. The summed E-state index contributed by atoms with van der Waals surface area (Å²) < 4.78 is 22.4. The summed E-state index contributed by atoms with van der Waals surface area (Å²) in [6.07, 6.45) is 4.44. The van der Waals surface area contributed by atoms with Gasteiger partial charge in [0.1, 0.15) is 0 Å². The summed E-state index contributed by atoms with van der Waals surface area (Å²) in [5.74, 6) is -6.22. The Morgan fingerprint density at radius 3 is 0.947 bits per heavy atom. The molecule has 4 amide bonds. The van der Waals surface area contributed by atoms with Crippen LogP contribution in [0.25, 0.3) is 0 Å². The van der Waals surface area contributed by atoms with Gasteiger partial charge < -0.3 is 38.9 Å². The molecule has 27 nitrogen and oxygen atoms in total. The molecule has 0 saturated carbocycles. The first-order chi connectivity index (χ1) is 62.8. The van der Waals surface area contributed by atoms with Crippen LogP contribution in [0.1, 0.15) is 229 Å². The van der Waals surface area contributed by atoms with E-state index in [1.54, 1.807) is 61.3 Å². The molecule has 8 aromatic carbocycles. The number of rotatable bonds is 21. The molecule has 28 heteroatoms. The molecule has 6 atom stereocenters. The molecule has 0 saturated heterocycles. The van der Waals surface area contributed by atoms with E-state index in [9.17, 15) is 57.8 Å². The third-order valence-corrected chi connectivity index (χ3v) is 24.0. The third kappa shape index (κ3) is 20.5. The fourth-order valence-electron chi connectivity index (χ4n) is 17.4. The van der Waals surface area contributed by atoms with Gasteiger partial charge in [-0.2, -0.15) is 20.4 Å². The lowest BCUT2D eigenvalue weighted by Gasteiger charge is -2.41. The highest BCUT2D eigenvalue weighted by Crippen LogP contribution is 2.46. The van der Waals surface area contributed by atoms with Crippen molar-refractivity contribution in [2.75, 3.05) is 32.7 Å². The summed E-state index contributed by atoms with van der Waals surface area (Å²) in [7, 11) is 0. The number of ether oxygens (including phenoxy) is 3. The number of halogens is 1. The SMILES string of the molecule is CC(=O)Oc1c2n(ncc1=O)C(C(c1ccccc1)c1ccccc1)CN(C(C)C)C2=O.CC(C)C(=O)Oc1c2n(ncc1=O)C(C(c1ccccc1)c1ccccc1)CN(C(C)C)C2=O.CCN1CC(C(c2ccccc2)c2cccc(C)c2)n2ncc(=O)c(OC(=O)C(C)C)c2C1=O.Cc1cccc(C(c2cccc(Cl)c2)C2CN(C(C)C)C(=O)c3c(O)c(=O)cnn32)c1. The van der Waals surface area contributed by atoms with Crippen molar-refractivity contribution in [3.63, 3.8) is 0 Å². The van der Waals surface area contributed by atoms with E-state index in [2.05, 4.69) is 75.0 Å². The highest BCUT2D eigenvalue weighted by molar-refractivity contribution is 6.30. The van der Waals surface area contributed by atoms with E-state index in [4.69, 9.17) is 25.8 Å². The van der Waals surface area contributed by atoms with E-state index < -0.39 is 63.1 Å². The van der Waals surface area contributed by atoms with Crippen molar-refractivity contribution in [2.24, 2.45) is 11.8 Å². The number of nitrogens with zero attached hydrogens (tertiary/aromatic N) is 12. The Bertz CT molecular complexity index is 6320. The number of benzene rings is 8. The lowest BCUT2D eigenvalue weighted by molar-refractivity contribution is -0.138. The highest BCUT2D eigenvalue weighted by Gasteiger charge is 2.46. The number of carbonyl (C=O) groups excluding carboxylic acids is 7. The monoisotopic (exact) mass is 1790 g/mol. The van der Waals surface area contributed by atoms with E-state index in [-0.39, 0.29) is 124 Å². The van der Waals surface area contributed by atoms with Crippen LogP contribution in [0.4, 0.5) is 0 Å². The van der Waals surface area contributed by atoms with Crippen LogP contribution < -0.4 is 35.9 Å². The minimum absolute atomic E-state index is 0.00881. The van der Waals surface area contributed by atoms with Crippen molar-refractivity contribution in [1.82, 2.24) is 58.7 Å². The average molecular weight is 1790 g/mol. The van der Waals surface area contributed by atoms with Crippen molar-refractivity contribution < 1.29 is 52.9 Å². The lowest BCUT2D eigenvalue weighted by atomic mass is 9.83. The van der Waals surface area contributed by atoms with Gasteiger partial charge in [0.2, 0.25) is 39.0 Å². The van der Waals surface area contributed by atoms with E-state index in [1.165, 1.54) is 11.6 Å². The molecule has 8 heterocycles. The number of aromatic hydroxyl groups is 1. The fraction of sp³-hybridized carbons (Fsp3) is 0.311. The molecule has 0 fully saturated rings. The van der Waals surface area contributed by atoms with Gasteiger partial charge in [0, 0.05) is 86.5 Å². The fourth-order valence-corrected chi connectivity index (χ4v) is 17.6. The molecule has 676 valence electrons. The van der Waals surface area contributed by atoms with Crippen molar-refractivity contribution in [2.45, 2.75) is 163 Å². The zero-order valence-corrected chi connectivity index (χ0v) is 76.4. The molecule has 4 aromatic heterocycles. The van der Waals surface area contributed by atoms with Gasteiger partial charge in [-0.25, -0.2) is 0 Å². The van der Waals surface area contributed by atoms with Crippen molar-refractivity contribution in [1.29, 1.82) is 0 Å². The summed E-state index contributed by atoms with van der Waals surface area (Å²) in [5.41, 5.74) is 8.14. The van der Waals surface area contributed by atoms with E-state index in [1.807, 2.05) is 232 Å². The van der Waals surface area contributed by atoms with Crippen LogP contribution in [-0.2, 0) is 14.4 Å². The van der Waals surface area contributed by atoms with Crippen molar-refractivity contribution in [3.8, 4) is 23.0 Å². The molecule has 4 aliphatic heterocycles. The summed E-state index contributed by atoms with van der Waals surface area (Å²) in [4.78, 5) is 147. The number of fused-ring (bicyclic) bond motifs is 4. The van der Waals surface area contributed by atoms with Gasteiger partial charge in [-0.3, -0.25) is 71.5 Å². The maximum absolute atomic E-state index is 13.6. The van der Waals surface area contributed by atoms with E-state index in [0.29, 0.717) is 37.7 Å². The van der Waals surface area contributed by atoms with Gasteiger partial charge in [-0.05, 0) is 119 Å². The molecule has 0 aliphatic carbocycles. The zero-order valence-electron chi connectivity index (χ0n) is 75.6. The van der Waals surface area contributed by atoms with Crippen LogP contribution in [0.5, 0.6) is 23.0 Å². The lowest BCUT2D eigenvalue weighted by Crippen LogP contribution is -2.50. The first-order valence-electron chi connectivity index (χ1n) is 43.9. The normalized spacial score (nSPS) is 16.2. The van der Waals surface area contributed by atoms with Gasteiger partial charge in [0.05, 0.1) is 60.8 Å². The second kappa shape index (κ2) is 41.4. The third-order valence-electron chi connectivity index (χ3n) is 23.8. The van der Waals surface area contributed by atoms with Crippen molar-refractivity contribution in [3.05, 3.63) is 374 Å². The molecule has 16 rings (SSSR count). The number of esters is 3. The first-order valence-corrected chi connectivity index (χ1v) is 44.3. The predicted octanol–water partition coefficient (Wildman–Crippen LogP) is 15.6. The van der Waals surface area contributed by atoms with Gasteiger partial charge in [0.15, 0.2) is 28.5 Å². The Labute approximate surface area is 764 Å². The van der Waals surface area contributed by atoms with E-state index in [0.717, 1.165) is 80.4 Å². The Morgan fingerprint density at radius 2 is 0.634 bits per heavy atom. The molecular formula is C103H107ClN12O15. The second-order valence-electron chi connectivity index (χ2n) is 34.4. The molecule has 0 radical (unpaired) electrons. The van der Waals surface area contributed by atoms with Crippen molar-refractivity contribution >= 4 is 53.1 Å². The minimum Gasteiger partial charge on any atom is -0.502 e. The summed E-state index contributed by atoms with van der Waals surface area (Å²) in [5, 5.41) is 28.5. The number of hydrogen-bond donors (Lipinski definition) is 1. The van der Waals surface area contributed by atoms with Gasteiger partial charge in [-0.15, -0.1) is 0 Å². The number of aryl methyl sites for hydroxylation is 2. The second-order valence-corrected chi connectivity index (χ2v) is 34.8. The number of carbonyl (C=O) groups is 7. The van der Waals surface area contributed by atoms with E-state index >= 15 is 0 Å². The summed E-state index contributed by atoms with van der Waals surface area (Å²) >= 11 is 6.33. The number of likely N-dealkylation sites (N-methyl/N-ethyl adjacent to an activating group) is 1. The summed E-state index contributed by atoms with van der Waals surface area (Å²) in [6, 6.07) is 72.5. The standard InChI is InChI=1S/2C27H29N3O4.C25H25N3O4.C24H24ClN3O3/c1-17(2)27(33)34-25-22(31)15-28-30-21(16-29(18(3)4)26(32)24(25)30)23(19-11-7-5-8-12-19)20-13-9-6-10-14-20;1-5-29-16-21(23(19-11-7-6-8-12-19)20-13-9-10-18(4)14-20)30-24(26(29)32)25(22(31)15-28-30)34-27(33)17(2)3;1-16(2)27-15-20(22(18-10-6-4-7-11-18)19-12-8-5-9-13-19)28-23(25(27)31)24(32-17(3)29)21(30)14-26-28;1-14(2)27-13-19(28-22(24(27)31)23(30)20(29)12-26-28)21(16-7-4-6-15(3)10-16)17-8-5-9-18(25)11-17/h5-15,17-18,21,23H,16H2,1-4H3;6-15,17,21,23H,5,16H2,1-4H3;4-14,16,20,22H,15H2,1-3H3;4-12,14,19,21,30H,13H2,1-3H3. The van der Waals surface area contributed by atoms with Crippen LogP contribution in [0.15, 0.2) is 268 Å². The molecule has 0 bridgehead atoms.